The number of rotatable bonds is 8. The van der Waals surface area contributed by atoms with E-state index < -0.39 is 10.0 Å². The fourth-order valence-corrected chi connectivity index (χ4v) is 1.64. The molecular formula is C8H20N2O3S. The Morgan fingerprint density at radius 2 is 2.14 bits per heavy atom. The maximum atomic E-state index is 10.6. The zero-order chi connectivity index (χ0) is 11.0. The van der Waals surface area contributed by atoms with Crippen molar-refractivity contribution in [3.05, 3.63) is 0 Å². The van der Waals surface area contributed by atoms with Crippen LogP contribution in [-0.2, 0) is 14.8 Å². The van der Waals surface area contributed by atoms with Gasteiger partial charge in [-0.3, -0.25) is 0 Å². The first-order valence-corrected chi connectivity index (χ1v) is 6.37. The van der Waals surface area contributed by atoms with Crippen LogP contribution in [0.4, 0.5) is 0 Å². The lowest BCUT2D eigenvalue weighted by molar-refractivity contribution is 0.158. The molecule has 0 rings (SSSR count). The van der Waals surface area contributed by atoms with Gasteiger partial charge in [0.25, 0.3) is 0 Å². The van der Waals surface area contributed by atoms with Crippen LogP contribution in [0, 0.1) is 5.92 Å². The third-order valence-electron chi connectivity index (χ3n) is 1.73. The van der Waals surface area contributed by atoms with Gasteiger partial charge in [0.2, 0.25) is 10.0 Å². The second kappa shape index (κ2) is 7.17. The van der Waals surface area contributed by atoms with E-state index in [0.29, 0.717) is 25.5 Å². The summed E-state index contributed by atoms with van der Waals surface area (Å²) in [6.45, 7) is 4.28. The number of hydrogen-bond acceptors (Lipinski definition) is 4. The summed E-state index contributed by atoms with van der Waals surface area (Å²) >= 11 is 0. The van der Waals surface area contributed by atoms with Gasteiger partial charge in [-0.05, 0) is 25.4 Å². The van der Waals surface area contributed by atoms with Crippen LogP contribution in [-0.4, -0.2) is 41.0 Å². The molecule has 0 spiro atoms. The van der Waals surface area contributed by atoms with E-state index in [2.05, 4.69) is 12.2 Å². The van der Waals surface area contributed by atoms with Crippen molar-refractivity contribution in [3.8, 4) is 0 Å². The van der Waals surface area contributed by atoms with Gasteiger partial charge in [0.1, 0.15) is 0 Å². The molecule has 1 atom stereocenters. The Morgan fingerprint density at radius 1 is 1.50 bits per heavy atom. The number of nitrogens with one attached hydrogen (secondary N) is 1. The van der Waals surface area contributed by atoms with E-state index >= 15 is 0 Å². The molecule has 3 N–H and O–H groups in total. The average Bonchev–Trinajstić information content (AvgIpc) is 2.02. The smallest absolute Gasteiger partial charge is 0.209 e. The number of hydrogen-bond donors (Lipinski definition) is 2. The number of primary sulfonamides is 1. The zero-order valence-electron chi connectivity index (χ0n) is 8.82. The highest BCUT2D eigenvalue weighted by Crippen LogP contribution is 1.92. The lowest BCUT2D eigenvalue weighted by Crippen LogP contribution is -2.27. The maximum Gasteiger partial charge on any atom is 0.209 e. The van der Waals surface area contributed by atoms with Crippen molar-refractivity contribution in [3.63, 3.8) is 0 Å². The minimum absolute atomic E-state index is 0.0403. The summed E-state index contributed by atoms with van der Waals surface area (Å²) in [6.07, 6.45) is 0.554. The number of sulfonamides is 1. The van der Waals surface area contributed by atoms with Crippen LogP contribution in [0.15, 0.2) is 0 Å². The Morgan fingerprint density at radius 3 is 2.64 bits per heavy atom. The number of ether oxygens (including phenoxy) is 1. The highest BCUT2D eigenvalue weighted by atomic mass is 32.2. The van der Waals surface area contributed by atoms with E-state index in [4.69, 9.17) is 9.88 Å². The summed E-state index contributed by atoms with van der Waals surface area (Å²) in [4.78, 5) is 0. The summed E-state index contributed by atoms with van der Waals surface area (Å²) < 4.78 is 26.1. The van der Waals surface area contributed by atoms with E-state index in [1.165, 1.54) is 0 Å². The lowest BCUT2D eigenvalue weighted by atomic mass is 10.2. The maximum absolute atomic E-state index is 10.6. The van der Waals surface area contributed by atoms with Gasteiger partial charge in [0, 0.05) is 13.7 Å². The number of nitrogens with two attached hydrogens (primary N) is 1. The second-order valence-electron chi connectivity index (χ2n) is 3.49. The lowest BCUT2D eigenvalue weighted by Gasteiger charge is -2.10. The van der Waals surface area contributed by atoms with Gasteiger partial charge < -0.3 is 10.1 Å². The summed E-state index contributed by atoms with van der Waals surface area (Å²) in [5.74, 6) is 0.480. The van der Waals surface area contributed by atoms with Crippen LogP contribution in [0.2, 0.25) is 0 Å². The summed E-state index contributed by atoms with van der Waals surface area (Å²) in [5, 5.41) is 7.99. The van der Waals surface area contributed by atoms with Gasteiger partial charge in [-0.25, -0.2) is 13.6 Å². The van der Waals surface area contributed by atoms with Gasteiger partial charge in [-0.1, -0.05) is 6.92 Å². The molecule has 0 heterocycles. The average molecular weight is 224 g/mol. The highest BCUT2D eigenvalue weighted by molar-refractivity contribution is 7.89. The van der Waals surface area contributed by atoms with Crippen molar-refractivity contribution >= 4 is 10.0 Å². The van der Waals surface area contributed by atoms with Crippen LogP contribution < -0.4 is 10.5 Å². The Kier molecular flexibility index (Phi) is 7.08. The van der Waals surface area contributed by atoms with Crippen molar-refractivity contribution in [1.29, 1.82) is 0 Å². The van der Waals surface area contributed by atoms with E-state index in [9.17, 15) is 8.42 Å². The van der Waals surface area contributed by atoms with Gasteiger partial charge in [-0.2, -0.15) is 0 Å². The molecule has 14 heavy (non-hydrogen) atoms. The van der Waals surface area contributed by atoms with Gasteiger partial charge >= 0.3 is 0 Å². The zero-order valence-corrected chi connectivity index (χ0v) is 9.64. The van der Waals surface area contributed by atoms with Crippen molar-refractivity contribution < 1.29 is 13.2 Å². The first-order chi connectivity index (χ1) is 6.45. The first kappa shape index (κ1) is 13.8. The minimum atomic E-state index is -3.30. The van der Waals surface area contributed by atoms with Crippen LogP contribution in [0.3, 0.4) is 0 Å². The quantitative estimate of drug-likeness (QED) is 0.547. The molecule has 6 heteroatoms. The summed E-state index contributed by atoms with van der Waals surface area (Å²) in [5.41, 5.74) is 0. The molecule has 1 unspecified atom stereocenters. The van der Waals surface area contributed by atoms with Crippen LogP contribution in [0.5, 0.6) is 0 Å². The standard InChI is InChI=1S/C8H20N2O3S/c1-8(7-13-2)6-10-4-3-5-14(9,11)12/h8,10H,3-7H2,1-2H3,(H2,9,11,12). The van der Waals surface area contributed by atoms with E-state index in [-0.39, 0.29) is 5.75 Å². The molecule has 0 aromatic rings. The van der Waals surface area contributed by atoms with Gasteiger partial charge in [0.15, 0.2) is 0 Å². The largest absolute Gasteiger partial charge is 0.384 e. The van der Waals surface area contributed by atoms with Crippen molar-refractivity contribution in [2.24, 2.45) is 11.1 Å². The van der Waals surface area contributed by atoms with E-state index in [1.807, 2.05) is 0 Å². The van der Waals surface area contributed by atoms with Crippen molar-refractivity contribution in [2.45, 2.75) is 13.3 Å². The molecule has 0 bridgehead atoms. The molecule has 0 radical (unpaired) electrons. The fraction of sp³-hybridized carbons (Fsp3) is 1.00. The third-order valence-corrected chi connectivity index (χ3v) is 2.58. The Hall–Kier alpha value is -0.170. The van der Waals surface area contributed by atoms with Gasteiger partial charge in [-0.15, -0.1) is 0 Å². The SMILES string of the molecule is COCC(C)CNCCCS(N)(=O)=O. The molecule has 0 aromatic carbocycles. The highest BCUT2D eigenvalue weighted by Gasteiger charge is 2.03. The van der Waals surface area contributed by atoms with E-state index in [0.717, 1.165) is 6.54 Å². The van der Waals surface area contributed by atoms with Crippen LogP contribution >= 0.6 is 0 Å². The Bertz CT molecular complexity index is 229. The molecule has 0 saturated carbocycles. The summed E-state index contributed by atoms with van der Waals surface area (Å²) in [6, 6.07) is 0. The number of methoxy groups -OCH3 is 1. The molecule has 0 amide bonds. The van der Waals surface area contributed by atoms with E-state index in [1.54, 1.807) is 7.11 Å². The summed E-state index contributed by atoms with van der Waals surface area (Å²) in [7, 11) is -1.64. The predicted molar refractivity (Wildman–Crippen MR) is 56.5 cm³/mol. The first-order valence-electron chi connectivity index (χ1n) is 4.66. The molecule has 0 fully saturated rings. The minimum Gasteiger partial charge on any atom is -0.384 e. The molecule has 0 aromatic heterocycles. The molecular weight excluding hydrogens is 204 g/mol. The van der Waals surface area contributed by atoms with Crippen molar-refractivity contribution in [1.82, 2.24) is 5.32 Å². The third kappa shape index (κ3) is 9.91. The Balaban J connectivity index is 3.30. The Labute approximate surface area is 86.1 Å². The van der Waals surface area contributed by atoms with Crippen LogP contribution in [0.1, 0.15) is 13.3 Å². The molecule has 0 aliphatic heterocycles. The van der Waals surface area contributed by atoms with Gasteiger partial charge in [0.05, 0.1) is 5.75 Å². The van der Waals surface area contributed by atoms with Crippen LogP contribution in [0.25, 0.3) is 0 Å². The normalized spacial score (nSPS) is 14.2. The molecule has 5 nitrogen and oxygen atoms in total. The molecule has 86 valence electrons. The monoisotopic (exact) mass is 224 g/mol. The fourth-order valence-electron chi connectivity index (χ4n) is 1.09. The predicted octanol–water partition coefficient (Wildman–Crippen LogP) is -0.463. The molecule has 0 aliphatic carbocycles. The molecule has 0 aliphatic rings. The van der Waals surface area contributed by atoms with Crippen molar-refractivity contribution in [2.75, 3.05) is 32.6 Å². The second-order valence-corrected chi connectivity index (χ2v) is 5.22. The molecule has 0 saturated heterocycles. The topological polar surface area (TPSA) is 81.4 Å².